The van der Waals surface area contributed by atoms with Crippen LogP contribution in [0.3, 0.4) is 0 Å². The molecule has 29 heavy (non-hydrogen) atoms. The van der Waals surface area contributed by atoms with Gasteiger partial charge in [0.25, 0.3) is 0 Å². The second-order valence-electron chi connectivity index (χ2n) is 7.70. The van der Waals surface area contributed by atoms with E-state index in [-0.39, 0.29) is 11.9 Å². The molecular formula is C21H25N7O. The number of aromatic nitrogens is 3. The molecule has 150 valence electrons. The fourth-order valence-electron chi connectivity index (χ4n) is 4.52. The number of carbonyl (C=O) groups is 1. The van der Waals surface area contributed by atoms with E-state index < -0.39 is 0 Å². The summed E-state index contributed by atoms with van der Waals surface area (Å²) in [5.41, 5.74) is 10.0. The molecule has 8 nitrogen and oxygen atoms in total. The van der Waals surface area contributed by atoms with Crippen LogP contribution < -0.4 is 11.1 Å². The molecule has 1 amide bonds. The van der Waals surface area contributed by atoms with Crippen LogP contribution in [-0.4, -0.2) is 63.6 Å². The van der Waals surface area contributed by atoms with Gasteiger partial charge in [0.05, 0.1) is 5.39 Å². The summed E-state index contributed by atoms with van der Waals surface area (Å²) in [7, 11) is 0. The Morgan fingerprint density at radius 1 is 1.14 bits per heavy atom. The molecule has 4 heterocycles. The van der Waals surface area contributed by atoms with Crippen LogP contribution in [0.4, 0.5) is 5.82 Å². The summed E-state index contributed by atoms with van der Waals surface area (Å²) >= 11 is 0. The number of carbonyl (C=O) groups excluding carboxylic acids is 1. The van der Waals surface area contributed by atoms with Gasteiger partial charge in [-0.3, -0.25) is 14.8 Å². The summed E-state index contributed by atoms with van der Waals surface area (Å²) in [5.74, 6) is 0.635. The first-order valence-corrected chi connectivity index (χ1v) is 10.1. The van der Waals surface area contributed by atoms with Crippen molar-refractivity contribution in [2.45, 2.75) is 19.0 Å². The number of benzene rings is 1. The minimum atomic E-state index is -0.254. The van der Waals surface area contributed by atoms with Crippen LogP contribution in [0.25, 0.3) is 11.0 Å². The lowest BCUT2D eigenvalue weighted by Crippen LogP contribution is -2.51. The molecule has 4 N–H and O–H groups in total. The van der Waals surface area contributed by atoms with E-state index in [0.717, 1.165) is 54.7 Å². The average Bonchev–Trinajstić information content (AvgIpc) is 3.16. The van der Waals surface area contributed by atoms with Gasteiger partial charge < -0.3 is 16.0 Å². The number of rotatable bonds is 3. The Bertz CT molecular complexity index is 1030. The summed E-state index contributed by atoms with van der Waals surface area (Å²) in [4.78, 5) is 22.4. The molecule has 0 bridgehead atoms. The van der Waals surface area contributed by atoms with Gasteiger partial charge in [-0.1, -0.05) is 30.3 Å². The summed E-state index contributed by atoms with van der Waals surface area (Å²) in [6.07, 6.45) is 2.60. The molecule has 2 aromatic heterocycles. The van der Waals surface area contributed by atoms with Crippen LogP contribution in [0.15, 0.2) is 36.5 Å². The van der Waals surface area contributed by atoms with Gasteiger partial charge in [-0.05, 0) is 23.1 Å². The first-order chi connectivity index (χ1) is 14.2. The molecule has 5 rings (SSSR count). The monoisotopic (exact) mass is 391 g/mol. The number of nitrogens with one attached hydrogen (secondary N) is 2. The van der Waals surface area contributed by atoms with Crippen molar-refractivity contribution in [1.82, 2.24) is 30.3 Å². The zero-order valence-electron chi connectivity index (χ0n) is 16.3. The first-order valence-electron chi connectivity index (χ1n) is 10.1. The number of nitrogen functional groups attached to an aromatic ring is 1. The van der Waals surface area contributed by atoms with Crippen LogP contribution in [0, 0.1) is 0 Å². The molecular weight excluding hydrogens is 366 g/mol. The van der Waals surface area contributed by atoms with Crippen molar-refractivity contribution in [2.75, 3.05) is 38.5 Å². The number of aromatic amines is 1. The molecule has 1 atom stereocenters. The zero-order valence-corrected chi connectivity index (χ0v) is 16.3. The van der Waals surface area contributed by atoms with Crippen LogP contribution >= 0.6 is 0 Å². The molecule has 0 radical (unpaired) electrons. The van der Waals surface area contributed by atoms with Crippen LogP contribution in [0.1, 0.15) is 22.7 Å². The number of amides is 1. The topological polar surface area (TPSA) is 103 Å². The lowest BCUT2D eigenvalue weighted by molar-refractivity contribution is -0.138. The van der Waals surface area contributed by atoms with E-state index >= 15 is 0 Å². The fourth-order valence-corrected chi connectivity index (χ4v) is 4.52. The van der Waals surface area contributed by atoms with E-state index in [1.165, 1.54) is 0 Å². The molecule has 3 aromatic rings. The maximum atomic E-state index is 13.7. The van der Waals surface area contributed by atoms with Gasteiger partial charge in [0, 0.05) is 45.5 Å². The Morgan fingerprint density at radius 2 is 1.93 bits per heavy atom. The van der Waals surface area contributed by atoms with Gasteiger partial charge in [-0.2, -0.15) is 5.10 Å². The second-order valence-corrected chi connectivity index (χ2v) is 7.70. The molecule has 0 saturated carbocycles. The summed E-state index contributed by atoms with van der Waals surface area (Å²) in [6, 6.07) is 9.86. The summed E-state index contributed by atoms with van der Waals surface area (Å²) < 4.78 is 0. The number of nitrogens with zero attached hydrogens (tertiary/aromatic N) is 4. The SMILES string of the molecule is Nc1n[nH]c2ncc3c(c12)CCN(C(=O)C(c1ccccc1)N1CCNCC1)C3. The maximum Gasteiger partial charge on any atom is 0.244 e. The highest BCUT2D eigenvalue weighted by Gasteiger charge is 2.34. The van der Waals surface area contributed by atoms with Crippen LogP contribution in [0.5, 0.6) is 0 Å². The Hall–Kier alpha value is -2.97. The lowest BCUT2D eigenvalue weighted by Gasteiger charge is -2.38. The van der Waals surface area contributed by atoms with Crippen molar-refractivity contribution in [3.8, 4) is 0 Å². The number of piperazine rings is 1. The smallest absolute Gasteiger partial charge is 0.244 e. The van der Waals surface area contributed by atoms with Gasteiger partial charge >= 0.3 is 0 Å². The van der Waals surface area contributed by atoms with Gasteiger partial charge in [-0.25, -0.2) is 4.98 Å². The van der Waals surface area contributed by atoms with E-state index in [0.29, 0.717) is 24.6 Å². The first kappa shape index (κ1) is 18.1. The highest BCUT2D eigenvalue weighted by Crippen LogP contribution is 2.31. The number of H-pyrrole nitrogens is 1. The third-order valence-corrected chi connectivity index (χ3v) is 5.98. The van der Waals surface area contributed by atoms with E-state index in [1.807, 2.05) is 29.3 Å². The Balaban J connectivity index is 1.45. The number of hydrogen-bond donors (Lipinski definition) is 3. The van der Waals surface area contributed by atoms with E-state index in [9.17, 15) is 4.79 Å². The quantitative estimate of drug-likeness (QED) is 0.617. The lowest BCUT2D eigenvalue weighted by atomic mass is 9.96. The molecule has 1 saturated heterocycles. The van der Waals surface area contributed by atoms with Crippen molar-refractivity contribution >= 4 is 22.8 Å². The molecule has 2 aliphatic heterocycles. The summed E-state index contributed by atoms with van der Waals surface area (Å²) in [5, 5.41) is 11.2. The van der Waals surface area contributed by atoms with Crippen LogP contribution in [-0.2, 0) is 17.8 Å². The molecule has 8 heteroatoms. The van der Waals surface area contributed by atoms with E-state index in [1.54, 1.807) is 0 Å². The number of hydrogen-bond acceptors (Lipinski definition) is 6. The number of nitrogens with two attached hydrogens (primary N) is 1. The molecule has 2 aliphatic rings. The second kappa shape index (κ2) is 7.46. The minimum absolute atomic E-state index is 0.156. The zero-order chi connectivity index (χ0) is 19.8. The van der Waals surface area contributed by atoms with Crippen molar-refractivity contribution in [1.29, 1.82) is 0 Å². The van der Waals surface area contributed by atoms with Crippen LogP contribution in [0.2, 0.25) is 0 Å². The van der Waals surface area contributed by atoms with Gasteiger partial charge in [0.2, 0.25) is 5.91 Å². The predicted octanol–water partition coefficient (Wildman–Crippen LogP) is 1.07. The van der Waals surface area contributed by atoms with Crippen molar-refractivity contribution in [3.05, 3.63) is 53.2 Å². The molecule has 0 aliphatic carbocycles. The van der Waals surface area contributed by atoms with Crippen molar-refractivity contribution < 1.29 is 4.79 Å². The van der Waals surface area contributed by atoms with Crippen molar-refractivity contribution in [2.24, 2.45) is 0 Å². The number of pyridine rings is 1. The van der Waals surface area contributed by atoms with Gasteiger partial charge in [-0.15, -0.1) is 0 Å². The Kier molecular flexibility index (Phi) is 4.65. The maximum absolute atomic E-state index is 13.7. The molecule has 1 fully saturated rings. The largest absolute Gasteiger partial charge is 0.382 e. The third-order valence-electron chi connectivity index (χ3n) is 5.98. The summed E-state index contributed by atoms with van der Waals surface area (Å²) in [6.45, 7) is 4.76. The highest BCUT2D eigenvalue weighted by molar-refractivity contribution is 5.90. The van der Waals surface area contributed by atoms with Gasteiger partial charge in [0.1, 0.15) is 6.04 Å². The van der Waals surface area contributed by atoms with Gasteiger partial charge in [0.15, 0.2) is 11.5 Å². The number of fused-ring (bicyclic) bond motifs is 3. The number of anilines is 1. The highest BCUT2D eigenvalue weighted by atomic mass is 16.2. The average molecular weight is 391 g/mol. The standard InChI is InChI=1S/C21H25N7O/c22-19-17-16-6-9-28(13-15(16)12-24-20(17)26-25-19)21(29)18(14-4-2-1-3-5-14)27-10-7-23-8-11-27/h1-5,12,18,23H,6-11,13H2,(H3,22,24,25,26). The predicted molar refractivity (Wildman–Crippen MR) is 111 cm³/mol. The normalized spacial score (nSPS) is 18.6. The molecule has 1 unspecified atom stereocenters. The van der Waals surface area contributed by atoms with E-state index in [4.69, 9.17) is 5.73 Å². The fraction of sp³-hybridized carbons (Fsp3) is 0.381. The third kappa shape index (κ3) is 3.24. The molecule has 1 aromatic carbocycles. The van der Waals surface area contributed by atoms with Crippen molar-refractivity contribution in [3.63, 3.8) is 0 Å². The Morgan fingerprint density at radius 3 is 2.72 bits per heavy atom. The van der Waals surface area contributed by atoms with E-state index in [2.05, 4.69) is 37.5 Å². The minimum Gasteiger partial charge on any atom is -0.382 e. The Labute approximate surface area is 169 Å². The molecule has 0 spiro atoms.